The Kier molecular flexibility index (Phi) is 6.37. The molecule has 1 aromatic heterocycles. The molecule has 0 spiro atoms. The van der Waals surface area contributed by atoms with E-state index in [0.29, 0.717) is 10.6 Å². The van der Waals surface area contributed by atoms with Crippen LogP contribution in [-0.4, -0.2) is 31.1 Å². The Morgan fingerprint density at radius 3 is 2.65 bits per heavy atom. The Balaban J connectivity index is 1.60. The number of nitrogens with zero attached hydrogens (tertiary/aromatic N) is 1. The maximum Gasteiger partial charge on any atom is 0.341 e. The number of amides is 1. The first-order valence-corrected chi connectivity index (χ1v) is 11.4. The van der Waals surface area contributed by atoms with Crippen molar-refractivity contribution in [3.05, 3.63) is 71.8 Å². The molecule has 2 aromatic carbocycles. The van der Waals surface area contributed by atoms with Gasteiger partial charge in [0.25, 0.3) is 0 Å². The molecule has 5 nitrogen and oxygen atoms in total. The summed E-state index contributed by atoms with van der Waals surface area (Å²) in [7, 11) is 0. The lowest BCUT2D eigenvalue weighted by Gasteiger charge is -2.35. The Morgan fingerprint density at radius 2 is 1.87 bits per heavy atom. The molecule has 0 saturated heterocycles. The lowest BCUT2D eigenvalue weighted by Crippen LogP contribution is -2.44. The number of esters is 1. The van der Waals surface area contributed by atoms with E-state index in [2.05, 4.69) is 22.3 Å². The zero-order valence-corrected chi connectivity index (χ0v) is 18.6. The molecular weight excluding hydrogens is 408 g/mol. The van der Waals surface area contributed by atoms with Crippen LogP contribution < -0.4 is 10.2 Å². The number of carbonyl (C=O) groups is 2. The molecule has 1 aliphatic heterocycles. The topological polar surface area (TPSA) is 58.6 Å². The molecule has 1 aliphatic rings. The monoisotopic (exact) mass is 434 g/mol. The average molecular weight is 435 g/mol. The molecule has 160 valence electrons. The van der Waals surface area contributed by atoms with Crippen molar-refractivity contribution in [3.63, 3.8) is 0 Å². The minimum atomic E-state index is -0.424. The summed E-state index contributed by atoms with van der Waals surface area (Å²) in [5.41, 5.74) is 3.77. The number of nitrogens with one attached hydrogen (secondary N) is 1. The van der Waals surface area contributed by atoms with E-state index in [1.54, 1.807) is 13.0 Å². The third-order valence-electron chi connectivity index (χ3n) is 5.52. The van der Waals surface area contributed by atoms with E-state index in [9.17, 15) is 9.59 Å². The highest BCUT2D eigenvalue weighted by atomic mass is 32.1. The molecule has 1 amide bonds. The minimum absolute atomic E-state index is 0.135. The SMILES string of the molecule is CCOC(=O)c1cc(-c2ccccc2)sc1NC(=O)C(C)N1CCCc2ccccc21. The van der Waals surface area contributed by atoms with Gasteiger partial charge in [-0.3, -0.25) is 4.79 Å². The van der Waals surface area contributed by atoms with Crippen molar-refractivity contribution >= 4 is 33.9 Å². The van der Waals surface area contributed by atoms with Crippen LogP contribution in [0.2, 0.25) is 0 Å². The normalized spacial score (nSPS) is 13.9. The predicted molar refractivity (Wildman–Crippen MR) is 126 cm³/mol. The van der Waals surface area contributed by atoms with Gasteiger partial charge in [0.1, 0.15) is 11.0 Å². The highest BCUT2D eigenvalue weighted by Crippen LogP contribution is 2.36. The van der Waals surface area contributed by atoms with Crippen LogP contribution in [0.4, 0.5) is 10.7 Å². The largest absolute Gasteiger partial charge is 0.462 e. The number of aryl methyl sites for hydroxylation is 1. The predicted octanol–water partition coefficient (Wildman–Crippen LogP) is 5.37. The molecule has 0 saturated carbocycles. The molecule has 6 heteroatoms. The van der Waals surface area contributed by atoms with E-state index in [0.717, 1.165) is 35.5 Å². The first-order valence-electron chi connectivity index (χ1n) is 10.6. The summed E-state index contributed by atoms with van der Waals surface area (Å²) < 4.78 is 5.23. The summed E-state index contributed by atoms with van der Waals surface area (Å²) in [5, 5.41) is 3.53. The van der Waals surface area contributed by atoms with E-state index in [-0.39, 0.29) is 18.6 Å². The number of hydrogen-bond acceptors (Lipinski definition) is 5. The first kappa shape index (κ1) is 21.1. The lowest BCUT2D eigenvalue weighted by molar-refractivity contribution is -0.117. The van der Waals surface area contributed by atoms with Gasteiger partial charge in [-0.2, -0.15) is 0 Å². The summed E-state index contributed by atoms with van der Waals surface area (Å²) in [5.74, 6) is -0.559. The summed E-state index contributed by atoms with van der Waals surface area (Å²) in [6.45, 7) is 4.80. The average Bonchev–Trinajstić information content (AvgIpc) is 3.23. The second kappa shape index (κ2) is 9.35. The van der Waals surface area contributed by atoms with Gasteiger partial charge < -0.3 is 15.0 Å². The molecule has 4 rings (SSSR count). The van der Waals surface area contributed by atoms with Gasteiger partial charge >= 0.3 is 5.97 Å². The number of anilines is 2. The molecular formula is C25H26N2O3S. The van der Waals surface area contributed by atoms with Crippen LogP contribution in [0.25, 0.3) is 10.4 Å². The molecule has 2 heterocycles. The molecule has 0 fully saturated rings. The van der Waals surface area contributed by atoms with Gasteiger partial charge in [-0.05, 0) is 49.9 Å². The summed E-state index contributed by atoms with van der Waals surface area (Å²) in [6.07, 6.45) is 2.04. The first-order chi connectivity index (χ1) is 15.1. The standard InChI is InChI=1S/C25H26N2O3S/c1-3-30-25(29)20-16-22(19-11-5-4-6-12-19)31-24(20)26-23(28)17(2)27-15-9-13-18-10-7-8-14-21(18)27/h4-8,10-12,14,16-17H,3,9,13,15H2,1-2H3,(H,26,28). The maximum atomic E-state index is 13.2. The number of ether oxygens (including phenoxy) is 1. The number of fused-ring (bicyclic) bond motifs is 1. The van der Waals surface area contributed by atoms with Crippen molar-refractivity contribution in [2.45, 2.75) is 32.7 Å². The molecule has 1 N–H and O–H groups in total. The maximum absolute atomic E-state index is 13.2. The molecule has 0 aliphatic carbocycles. The van der Waals surface area contributed by atoms with Gasteiger partial charge in [0.15, 0.2) is 0 Å². The Labute approximate surface area is 186 Å². The molecule has 0 bridgehead atoms. The number of rotatable bonds is 6. The second-order valence-electron chi connectivity index (χ2n) is 7.53. The number of thiophene rings is 1. The number of para-hydroxylation sites is 1. The lowest BCUT2D eigenvalue weighted by atomic mass is 10.00. The fraction of sp³-hybridized carbons (Fsp3) is 0.280. The molecule has 0 radical (unpaired) electrons. The van der Waals surface area contributed by atoms with Gasteiger partial charge in [0.2, 0.25) is 5.91 Å². The number of carbonyl (C=O) groups excluding carboxylic acids is 2. The van der Waals surface area contributed by atoms with Crippen LogP contribution in [0.1, 0.15) is 36.2 Å². The van der Waals surface area contributed by atoms with Crippen molar-refractivity contribution in [1.29, 1.82) is 0 Å². The van der Waals surface area contributed by atoms with Crippen LogP contribution in [0.5, 0.6) is 0 Å². The second-order valence-corrected chi connectivity index (χ2v) is 8.58. The highest BCUT2D eigenvalue weighted by molar-refractivity contribution is 7.20. The summed E-state index contributed by atoms with van der Waals surface area (Å²) in [4.78, 5) is 28.8. The zero-order valence-electron chi connectivity index (χ0n) is 17.8. The summed E-state index contributed by atoms with van der Waals surface area (Å²) >= 11 is 1.39. The van der Waals surface area contributed by atoms with Crippen molar-refractivity contribution < 1.29 is 14.3 Å². The van der Waals surface area contributed by atoms with Gasteiger partial charge in [0, 0.05) is 17.1 Å². The van der Waals surface area contributed by atoms with Gasteiger partial charge in [-0.25, -0.2) is 4.79 Å². The number of hydrogen-bond donors (Lipinski definition) is 1. The van der Waals surface area contributed by atoms with Crippen LogP contribution in [0.3, 0.4) is 0 Å². The van der Waals surface area contributed by atoms with Crippen LogP contribution in [0, 0.1) is 0 Å². The quantitative estimate of drug-likeness (QED) is 0.530. The molecule has 3 aromatic rings. The van der Waals surface area contributed by atoms with Crippen LogP contribution >= 0.6 is 11.3 Å². The van der Waals surface area contributed by atoms with Gasteiger partial charge in [-0.15, -0.1) is 11.3 Å². The van der Waals surface area contributed by atoms with E-state index in [4.69, 9.17) is 4.74 Å². The van der Waals surface area contributed by atoms with E-state index in [1.165, 1.54) is 16.9 Å². The minimum Gasteiger partial charge on any atom is -0.462 e. The van der Waals surface area contributed by atoms with Crippen molar-refractivity contribution in [2.24, 2.45) is 0 Å². The highest BCUT2D eigenvalue weighted by Gasteiger charge is 2.28. The van der Waals surface area contributed by atoms with E-state index in [1.807, 2.05) is 49.4 Å². The van der Waals surface area contributed by atoms with Crippen molar-refractivity contribution in [2.75, 3.05) is 23.4 Å². The Morgan fingerprint density at radius 1 is 1.13 bits per heavy atom. The van der Waals surface area contributed by atoms with Crippen LogP contribution in [0.15, 0.2) is 60.7 Å². The Hall–Kier alpha value is -3.12. The fourth-order valence-corrected chi connectivity index (χ4v) is 4.97. The molecule has 31 heavy (non-hydrogen) atoms. The fourth-order valence-electron chi connectivity index (χ4n) is 3.91. The third kappa shape index (κ3) is 4.49. The Bertz CT molecular complexity index is 1080. The van der Waals surface area contributed by atoms with E-state index < -0.39 is 5.97 Å². The number of benzene rings is 2. The summed E-state index contributed by atoms with van der Waals surface area (Å²) in [6, 6.07) is 19.5. The smallest absolute Gasteiger partial charge is 0.341 e. The van der Waals surface area contributed by atoms with Crippen molar-refractivity contribution in [3.8, 4) is 10.4 Å². The van der Waals surface area contributed by atoms with Gasteiger partial charge in [-0.1, -0.05) is 48.5 Å². The van der Waals surface area contributed by atoms with E-state index >= 15 is 0 Å². The van der Waals surface area contributed by atoms with Gasteiger partial charge in [0.05, 0.1) is 12.2 Å². The molecule has 1 atom stereocenters. The third-order valence-corrected chi connectivity index (χ3v) is 6.62. The zero-order chi connectivity index (χ0) is 21.8. The van der Waals surface area contributed by atoms with Crippen molar-refractivity contribution in [1.82, 2.24) is 0 Å². The van der Waals surface area contributed by atoms with Crippen LogP contribution in [-0.2, 0) is 16.0 Å². The molecule has 1 unspecified atom stereocenters.